The largest absolute Gasteiger partial charge is 0.490 e. The topological polar surface area (TPSA) is 36.9 Å². The summed E-state index contributed by atoms with van der Waals surface area (Å²) in [5.74, 6) is 0. The van der Waals surface area contributed by atoms with Crippen molar-refractivity contribution in [3.63, 3.8) is 0 Å². The predicted molar refractivity (Wildman–Crippen MR) is 120 cm³/mol. The van der Waals surface area contributed by atoms with Gasteiger partial charge in [0.2, 0.25) is 0 Å². The minimum Gasteiger partial charge on any atom is -0.402 e. The van der Waals surface area contributed by atoms with Crippen molar-refractivity contribution in [2.45, 2.75) is 90.0 Å². The molecule has 2 aliphatic rings. The summed E-state index contributed by atoms with van der Waals surface area (Å²) in [5, 5.41) is -0.160. The summed E-state index contributed by atoms with van der Waals surface area (Å²) in [6, 6.07) is 7.73. The molecule has 29 heavy (non-hydrogen) atoms. The molecule has 2 aliphatic heterocycles. The molecule has 2 heterocycles. The van der Waals surface area contributed by atoms with Crippen molar-refractivity contribution in [1.29, 1.82) is 0 Å². The van der Waals surface area contributed by atoms with Crippen molar-refractivity contribution >= 4 is 25.8 Å². The van der Waals surface area contributed by atoms with Crippen LogP contribution in [0.1, 0.15) is 67.9 Å². The second kappa shape index (κ2) is 6.86. The maximum Gasteiger partial charge on any atom is 0.490 e. The minimum atomic E-state index is -0.787. The molecule has 4 nitrogen and oxygen atoms in total. The van der Waals surface area contributed by atoms with Gasteiger partial charge >= 0.3 is 14.2 Å². The third-order valence-corrected chi connectivity index (χ3v) is 7.69. The fraction of sp³-hybridized carbons (Fsp3) is 0.636. The molecule has 158 valence electrons. The average molecular weight is 419 g/mol. The van der Waals surface area contributed by atoms with E-state index < -0.39 is 42.0 Å². The lowest BCUT2D eigenvalue weighted by molar-refractivity contribution is 0.00578. The maximum atomic E-state index is 6.66. The highest BCUT2D eigenvalue weighted by Crippen LogP contribution is 2.50. The van der Waals surface area contributed by atoms with Gasteiger partial charge in [0, 0.05) is 10.3 Å². The molecule has 0 spiro atoms. The van der Waals surface area contributed by atoms with Gasteiger partial charge in [-0.1, -0.05) is 36.7 Å². The van der Waals surface area contributed by atoms with Crippen molar-refractivity contribution in [1.82, 2.24) is 0 Å². The van der Waals surface area contributed by atoms with Crippen LogP contribution in [0.3, 0.4) is 0 Å². The molecule has 7 heteroatoms. The number of hydrogen-bond donors (Lipinski definition) is 0. The monoisotopic (exact) mass is 418 g/mol. The van der Waals surface area contributed by atoms with Crippen LogP contribution in [0.15, 0.2) is 36.3 Å². The van der Waals surface area contributed by atoms with E-state index >= 15 is 0 Å². The van der Waals surface area contributed by atoms with Crippen LogP contribution in [-0.2, 0) is 23.9 Å². The van der Waals surface area contributed by atoms with E-state index in [1.165, 1.54) is 0 Å². The summed E-state index contributed by atoms with van der Waals surface area (Å²) in [6.45, 7) is 22.7. The molecule has 2 fully saturated rings. The summed E-state index contributed by atoms with van der Waals surface area (Å²) in [5.41, 5.74) is -0.328. The van der Waals surface area contributed by atoms with Gasteiger partial charge in [0.1, 0.15) is 0 Å². The Kier molecular flexibility index (Phi) is 5.42. The second-order valence-corrected chi connectivity index (χ2v) is 10.8. The van der Waals surface area contributed by atoms with Gasteiger partial charge in [0.25, 0.3) is 0 Å². The van der Waals surface area contributed by atoms with Gasteiger partial charge in [-0.05, 0) is 72.5 Å². The zero-order chi connectivity index (χ0) is 22.0. The Labute approximate surface area is 181 Å². The standard InChI is InChI=1S/C22H33B2ClO4/c1-15(23-26-18(2,3)19(4,5)27-23)22(10,16-13-11-12-14-17(16)25)24-28-20(6,7)21(8,9)29-24/h11-14H,1H2,2-10H3/t22-/m0/s1. The molecular formula is C22H33B2ClO4. The number of allylic oxidation sites excluding steroid dienone is 1. The van der Waals surface area contributed by atoms with E-state index in [2.05, 4.69) is 6.58 Å². The zero-order valence-electron chi connectivity index (χ0n) is 19.2. The SMILES string of the molecule is C=C(B1OC(C)(C)C(C)(C)O1)[C@](C)(B1OC(C)(C)C(C)(C)O1)c1ccccc1Cl. The molecule has 1 aromatic rings. The van der Waals surface area contributed by atoms with Gasteiger partial charge in [-0.15, -0.1) is 6.58 Å². The molecule has 0 aromatic heterocycles. The molecule has 0 unspecified atom stereocenters. The van der Waals surface area contributed by atoms with Gasteiger partial charge < -0.3 is 18.6 Å². The van der Waals surface area contributed by atoms with Crippen LogP contribution in [0.2, 0.25) is 5.02 Å². The van der Waals surface area contributed by atoms with Gasteiger partial charge in [-0.25, -0.2) is 0 Å². The molecule has 0 amide bonds. The van der Waals surface area contributed by atoms with Crippen LogP contribution >= 0.6 is 11.6 Å². The normalized spacial score (nSPS) is 26.4. The maximum absolute atomic E-state index is 6.66. The summed E-state index contributed by atoms with van der Waals surface area (Å²) >= 11 is 6.66. The molecular weight excluding hydrogens is 385 g/mol. The van der Waals surface area contributed by atoms with Gasteiger partial charge in [0.05, 0.1) is 22.4 Å². The quantitative estimate of drug-likeness (QED) is 0.612. The Balaban J connectivity index is 2.09. The summed E-state index contributed by atoms with van der Waals surface area (Å²) in [7, 11) is -1.21. The van der Waals surface area contributed by atoms with E-state index in [0.717, 1.165) is 11.0 Å². The van der Waals surface area contributed by atoms with Crippen molar-refractivity contribution in [3.8, 4) is 0 Å². The molecule has 0 radical (unpaired) electrons. The Hall–Kier alpha value is -0.780. The fourth-order valence-corrected chi connectivity index (χ4v) is 3.97. The molecule has 1 atom stereocenters. The highest BCUT2D eigenvalue weighted by Gasteiger charge is 2.63. The Morgan fingerprint density at radius 3 is 1.69 bits per heavy atom. The molecule has 2 saturated heterocycles. The van der Waals surface area contributed by atoms with E-state index in [0.29, 0.717) is 5.02 Å². The van der Waals surface area contributed by atoms with Gasteiger partial charge in [-0.3, -0.25) is 0 Å². The summed E-state index contributed by atoms with van der Waals surface area (Å²) < 4.78 is 25.6. The molecule has 3 rings (SSSR count). The lowest BCUT2D eigenvalue weighted by Crippen LogP contribution is -2.49. The van der Waals surface area contributed by atoms with Crippen LogP contribution in [0.5, 0.6) is 0 Å². The van der Waals surface area contributed by atoms with E-state index in [4.69, 9.17) is 30.2 Å². The minimum absolute atomic E-state index is 0.474. The summed E-state index contributed by atoms with van der Waals surface area (Å²) in [4.78, 5) is 0. The van der Waals surface area contributed by atoms with Crippen molar-refractivity contribution in [2.24, 2.45) is 0 Å². The van der Waals surface area contributed by atoms with Crippen LogP contribution in [0.25, 0.3) is 0 Å². The molecule has 0 aliphatic carbocycles. The van der Waals surface area contributed by atoms with Crippen molar-refractivity contribution in [3.05, 3.63) is 46.9 Å². The van der Waals surface area contributed by atoms with Crippen molar-refractivity contribution in [2.75, 3.05) is 0 Å². The first-order chi connectivity index (χ1) is 13.1. The molecule has 0 bridgehead atoms. The third-order valence-electron chi connectivity index (χ3n) is 7.36. The van der Waals surface area contributed by atoms with E-state index in [1.807, 2.05) is 86.6 Å². The lowest BCUT2D eigenvalue weighted by atomic mass is 9.45. The van der Waals surface area contributed by atoms with Crippen LogP contribution < -0.4 is 0 Å². The van der Waals surface area contributed by atoms with E-state index in [1.54, 1.807) is 0 Å². The first kappa shape index (κ1) is 22.9. The van der Waals surface area contributed by atoms with Crippen molar-refractivity contribution < 1.29 is 18.6 Å². The smallest absolute Gasteiger partial charge is 0.402 e. The highest BCUT2D eigenvalue weighted by atomic mass is 35.5. The first-order valence-electron chi connectivity index (χ1n) is 10.2. The van der Waals surface area contributed by atoms with Crippen LogP contribution in [0, 0.1) is 0 Å². The number of benzene rings is 1. The number of hydrogen-bond acceptors (Lipinski definition) is 4. The first-order valence-corrected chi connectivity index (χ1v) is 10.6. The predicted octanol–water partition coefficient (Wildman–Crippen LogP) is 5.42. The van der Waals surface area contributed by atoms with Crippen LogP contribution in [0.4, 0.5) is 0 Å². The van der Waals surface area contributed by atoms with E-state index in [-0.39, 0.29) is 0 Å². The molecule has 0 N–H and O–H groups in total. The number of rotatable bonds is 4. The average Bonchev–Trinajstić information content (AvgIpc) is 2.94. The highest BCUT2D eigenvalue weighted by molar-refractivity contribution is 6.62. The van der Waals surface area contributed by atoms with Gasteiger partial charge in [-0.2, -0.15) is 0 Å². The van der Waals surface area contributed by atoms with E-state index in [9.17, 15) is 0 Å². The fourth-order valence-electron chi connectivity index (χ4n) is 3.64. The van der Waals surface area contributed by atoms with Crippen LogP contribution in [-0.4, -0.2) is 36.6 Å². The Bertz CT molecular complexity index is 789. The Morgan fingerprint density at radius 1 is 0.828 bits per heavy atom. The number of halogens is 1. The summed E-state index contributed by atoms with van der Waals surface area (Å²) in [6.07, 6.45) is 0. The Morgan fingerprint density at radius 2 is 1.24 bits per heavy atom. The molecule has 0 saturated carbocycles. The lowest BCUT2D eigenvalue weighted by Gasteiger charge is -2.36. The zero-order valence-corrected chi connectivity index (χ0v) is 19.9. The third kappa shape index (κ3) is 3.51. The second-order valence-electron chi connectivity index (χ2n) is 10.4. The van der Waals surface area contributed by atoms with Gasteiger partial charge in [0.15, 0.2) is 0 Å². The molecule has 1 aromatic carbocycles.